The molecule has 0 aromatic heterocycles. The highest BCUT2D eigenvalue weighted by Gasteiger charge is 2.28. The molecule has 1 aliphatic carbocycles. The highest BCUT2D eigenvalue weighted by Crippen LogP contribution is 2.40. The van der Waals surface area contributed by atoms with Gasteiger partial charge in [0.1, 0.15) is 11.5 Å². The first-order valence-electron chi connectivity index (χ1n) is 11.1. The molecule has 0 spiro atoms. The van der Waals surface area contributed by atoms with Gasteiger partial charge in [-0.05, 0) is 74.6 Å². The van der Waals surface area contributed by atoms with Crippen molar-refractivity contribution in [3.05, 3.63) is 53.1 Å². The number of ether oxygens (including phenoxy) is 1. The zero-order chi connectivity index (χ0) is 22.0. The molecular weight excluding hydrogens is 392 g/mol. The summed E-state index contributed by atoms with van der Waals surface area (Å²) < 4.78 is 5.05. The molecule has 6 nitrogen and oxygen atoms in total. The largest absolute Gasteiger partial charge is 0.508 e. The van der Waals surface area contributed by atoms with Gasteiger partial charge in [0.15, 0.2) is 0 Å². The normalized spacial score (nSPS) is 18.5. The summed E-state index contributed by atoms with van der Waals surface area (Å²) in [5, 5.41) is 10.6. The maximum atomic E-state index is 12.1. The quantitative estimate of drug-likeness (QED) is 0.737. The van der Waals surface area contributed by atoms with Crippen molar-refractivity contribution in [3.8, 4) is 5.75 Å². The van der Waals surface area contributed by atoms with E-state index in [-0.39, 0.29) is 17.7 Å². The molecule has 1 saturated heterocycles. The summed E-state index contributed by atoms with van der Waals surface area (Å²) in [5.41, 5.74) is 4.58. The number of benzene rings is 2. The van der Waals surface area contributed by atoms with Gasteiger partial charge in [-0.25, -0.2) is 4.79 Å². The number of piperazine rings is 1. The Balaban J connectivity index is 1.46. The Hall–Kier alpha value is -3.02. The minimum Gasteiger partial charge on any atom is -0.508 e. The smallest absolute Gasteiger partial charge is 0.338 e. The van der Waals surface area contributed by atoms with E-state index in [0.717, 1.165) is 67.9 Å². The maximum Gasteiger partial charge on any atom is 0.338 e. The van der Waals surface area contributed by atoms with Crippen LogP contribution in [0.1, 0.15) is 54.1 Å². The number of nitrogens with zero attached hydrogens (tertiary/aromatic N) is 2. The van der Waals surface area contributed by atoms with Gasteiger partial charge in [-0.15, -0.1) is 0 Å². The van der Waals surface area contributed by atoms with Gasteiger partial charge in [-0.1, -0.05) is 0 Å². The van der Waals surface area contributed by atoms with Crippen LogP contribution >= 0.6 is 0 Å². The molecule has 2 aromatic carbocycles. The minimum absolute atomic E-state index is 0.103. The van der Waals surface area contributed by atoms with E-state index in [2.05, 4.69) is 15.9 Å². The number of esters is 1. The lowest BCUT2D eigenvalue weighted by Gasteiger charge is -2.38. The molecule has 0 bridgehead atoms. The van der Waals surface area contributed by atoms with Crippen molar-refractivity contribution in [2.75, 3.05) is 42.6 Å². The number of ketones is 1. The van der Waals surface area contributed by atoms with Gasteiger partial charge in [0, 0.05) is 49.5 Å². The van der Waals surface area contributed by atoms with E-state index in [4.69, 9.17) is 4.74 Å². The molecule has 2 aliphatic rings. The van der Waals surface area contributed by atoms with Crippen LogP contribution in [0.25, 0.3) is 0 Å². The fourth-order valence-corrected chi connectivity index (χ4v) is 4.74. The average Bonchev–Trinajstić information content (AvgIpc) is 2.79. The van der Waals surface area contributed by atoms with Gasteiger partial charge >= 0.3 is 5.97 Å². The van der Waals surface area contributed by atoms with Crippen LogP contribution in [0.15, 0.2) is 36.4 Å². The summed E-state index contributed by atoms with van der Waals surface area (Å²) in [7, 11) is 0. The zero-order valence-electron chi connectivity index (χ0n) is 18.3. The monoisotopic (exact) mass is 422 g/mol. The number of hydrogen-bond acceptors (Lipinski definition) is 6. The average molecular weight is 423 g/mol. The lowest BCUT2D eigenvalue weighted by atomic mass is 9.80. The molecule has 0 radical (unpaired) electrons. The molecule has 1 N–H and O–H groups in total. The van der Waals surface area contributed by atoms with Crippen LogP contribution in [0.3, 0.4) is 0 Å². The number of Topliss-reactive ketones (excluding diaryl/α,β-unsaturated/α-hetero) is 1. The Morgan fingerprint density at radius 3 is 2.29 bits per heavy atom. The van der Waals surface area contributed by atoms with Crippen molar-refractivity contribution >= 4 is 23.1 Å². The van der Waals surface area contributed by atoms with Gasteiger partial charge in [0.05, 0.1) is 12.2 Å². The molecular formula is C25H30N2O4. The first-order valence-corrected chi connectivity index (χ1v) is 11.1. The summed E-state index contributed by atoms with van der Waals surface area (Å²) in [5.74, 6) is 0.0905. The van der Waals surface area contributed by atoms with Gasteiger partial charge in [-0.2, -0.15) is 0 Å². The van der Waals surface area contributed by atoms with Gasteiger partial charge in [0.2, 0.25) is 0 Å². The summed E-state index contributed by atoms with van der Waals surface area (Å²) in [6.45, 7) is 7.14. The second kappa shape index (κ2) is 9.00. The zero-order valence-corrected chi connectivity index (χ0v) is 18.3. The number of fused-ring (bicyclic) bond motifs is 1. The van der Waals surface area contributed by atoms with Crippen molar-refractivity contribution in [1.82, 2.24) is 0 Å². The highest BCUT2D eigenvalue weighted by atomic mass is 16.5. The van der Waals surface area contributed by atoms with Crippen LogP contribution in [0.5, 0.6) is 5.75 Å². The summed E-state index contributed by atoms with van der Waals surface area (Å²) >= 11 is 0. The number of rotatable bonds is 5. The molecule has 0 amide bonds. The summed E-state index contributed by atoms with van der Waals surface area (Å²) in [6, 6.07) is 11.5. The number of aromatic hydroxyl groups is 1. The van der Waals surface area contributed by atoms with Crippen molar-refractivity contribution in [2.45, 2.75) is 39.0 Å². The SMILES string of the molecule is CCOC(=O)c1ccc(N2CCN(c3cc(O)c4c(c3)C(C(C)=O)CCC4)CC2)cc1. The minimum atomic E-state index is -0.296. The van der Waals surface area contributed by atoms with Crippen molar-refractivity contribution in [3.63, 3.8) is 0 Å². The van der Waals surface area contributed by atoms with E-state index in [1.807, 2.05) is 30.3 Å². The van der Waals surface area contributed by atoms with Crippen LogP contribution in [-0.2, 0) is 16.0 Å². The van der Waals surface area contributed by atoms with E-state index in [9.17, 15) is 14.7 Å². The third kappa shape index (κ3) is 4.38. The molecule has 1 unspecified atom stereocenters. The number of hydrogen-bond donors (Lipinski definition) is 1. The third-order valence-electron chi connectivity index (χ3n) is 6.42. The van der Waals surface area contributed by atoms with Gasteiger partial charge in [-0.3, -0.25) is 4.79 Å². The number of phenols is 1. The van der Waals surface area contributed by atoms with Crippen LogP contribution < -0.4 is 9.80 Å². The molecule has 164 valence electrons. The van der Waals surface area contributed by atoms with E-state index in [0.29, 0.717) is 17.9 Å². The van der Waals surface area contributed by atoms with Crippen molar-refractivity contribution in [2.24, 2.45) is 0 Å². The molecule has 0 saturated carbocycles. The molecule has 1 heterocycles. The number of carbonyl (C=O) groups is 2. The predicted molar refractivity (Wildman–Crippen MR) is 121 cm³/mol. The Bertz CT molecular complexity index is 962. The van der Waals surface area contributed by atoms with Crippen LogP contribution in [0.2, 0.25) is 0 Å². The van der Waals surface area contributed by atoms with Crippen LogP contribution in [-0.4, -0.2) is 49.6 Å². The molecule has 1 fully saturated rings. The summed E-state index contributed by atoms with van der Waals surface area (Å²) in [6.07, 6.45) is 2.64. The van der Waals surface area contributed by atoms with Crippen molar-refractivity contribution < 1.29 is 19.4 Å². The molecule has 4 rings (SSSR count). The lowest BCUT2D eigenvalue weighted by Crippen LogP contribution is -2.46. The highest BCUT2D eigenvalue weighted by molar-refractivity contribution is 5.89. The number of anilines is 2. The second-order valence-electron chi connectivity index (χ2n) is 8.33. The second-order valence-corrected chi connectivity index (χ2v) is 8.33. The topological polar surface area (TPSA) is 70.1 Å². The predicted octanol–water partition coefficient (Wildman–Crippen LogP) is 3.90. The maximum absolute atomic E-state index is 12.1. The first-order chi connectivity index (χ1) is 15.0. The van der Waals surface area contributed by atoms with E-state index in [1.54, 1.807) is 13.8 Å². The van der Waals surface area contributed by atoms with Gasteiger partial charge < -0.3 is 19.6 Å². The fourth-order valence-electron chi connectivity index (χ4n) is 4.74. The van der Waals surface area contributed by atoms with Crippen LogP contribution in [0, 0.1) is 0 Å². The van der Waals surface area contributed by atoms with E-state index in [1.165, 1.54) is 0 Å². The Kier molecular flexibility index (Phi) is 6.16. The lowest BCUT2D eigenvalue weighted by molar-refractivity contribution is -0.118. The molecule has 1 aliphatic heterocycles. The standard InChI is InChI=1S/C25H30N2O4/c1-3-31-25(30)18-7-9-19(10-8-18)26-11-13-27(14-12-26)20-15-23-21(17(2)28)5-4-6-22(23)24(29)16-20/h7-10,15-16,21,29H,3-6,11-14H2,1-2H3. The Labute approximate surface area is 183 Å². The molecule has 31 heavy (non-hydrogen) atoms. The first kappa shape index (κ1) is 21.2. The summed E-state index contributed by atoms with van der Waals surface area (Å²) in [4.78, 5) is 28.5. The number of phenolic OH excluding ortho intramolecular Hbond substituents is 1. The number of carbonyl (C=O) groups excluding carboxylic acids is 2. The van der Waals surface area contributed by atoms with E-state index >= 15 is 0 Å². The van der Waals surface area contributed by atoms with Crippen LogP contribution in [0.4, 0.5) is 11.4 Å². The molecule has 1 atom stereocenters. The molecule has 2 aromatic rings. The van der Waals surface area contributed by atoms with E-state index < -0.39 is 0 Å². The fraction of sp³-hybridized carbons (Fsp3) is 0.440. The Morgan fingerprint density at radius 2 is 1.68 bits per heavy atom. The third-order valence-corrected chi connectivity index (χ3v) is 6.42. The molecule has 6 heteroatoms. The van der Waals surface area contributed by atoms with Crippen molar-refractivity contribution in [1.29, 1.82) is 0 Å². The Morgan fingerprint density at radius 1 is 1.03 bits per heavy atom. The van der Waals surface area contributed by atoms with Gasteiger partial charge in [0.25, 0.3) is 0 Å².